The third-order valence-electron chi connectivity index (χ3n) is 4.55. The van der Waals surface area contributed by atoms with Gasteiger partial charge in [-0.3, -0.25) is 0 Å². The fraction of sp³-hybridized carbons (Fsp3) is 0.300. The van der Waals surface area contributed by atoms with E-state index >= 15 is 0 Å². The van der Waals surface area contributed by atoms with Crippen LogP contribution >= 0.6 is 0 Å². The van der Waals surface area contributed by atoms with Crippen molar-refractivity contribution in [1.82, 2.24) is 10.3 Å². The van der Waals surface area contributed by atoms with Gasteiger partial charge in [0, 0.05) is 23.3 Å². The highest BCUT2D eigenvalue weighted by atomic mass is 15.0. The van der Waals surface area contributed by atoms with Gasteiger partial charge in [-0.2, -0.15) is 0 Å². The summed E-state index contributed by atoms with van der Waals surface area (Å²) in [4.78, 5) is 3.51. The third kappa shape index (κ3) is 2.93. The largest absolute Gasteiger partial charge is 0.357 e. The van der Waals surface area contributed by atoms with Gasteiger partial charge in [0.1, 0.15) is 0 Å². The van der Waals surface area contributed by atoms with Crippen molar-refractivity contribution < 1.29 is 0 Å². The molecule has 2 heteroatoms. The number of aryl methyl sites for hydroxylation is 2. The Balaban J connectivity index is 1.77. The fourth-order valence-electron chi connectivity index (χ4n) is 2.92. The van der Waals surface area contributed by atoms with E-state index in [2.05, 4.69) is 86.5 Å². The Kier molecular flexibility index (Phi) is 4.04. The topological polar surface area (TPSA) is 27.8 Å². The van der Waals surface area contributed by atoms with Gasteiger partial charge in [-0.15, -0.1) is 0 Å². The van der Waals surface area contributed by atoms with Crippen molar-refractivity contribution in [2.24, 2.45) is 0 Å². The number of nitrogens with one attached hydrogen (secondary N) is 2. The summed E-state index contributed by atoms with van der Waals surface area (Å²) in [6.45, 7) is 8.77. The molecule has 0 amide bonds. The van der Waals surface area contributed by atoms with E-state index in [-0.39, 0.29) is 6.04 Å². The Morgan fingerprint density at radius 2 is 1.64 bits per heavy atom. The molecule has 22 heavy (non-hydrogen) atoms. The maximum atomic E-state index is 3.69. The van der Waals surface area contributed by atoms with E-state index in [0.29, 0.717) is 6.04 Å². The van der Waals surface area contributed by atoms with Crippen molar-refractivity contribution in [2.75, 3.05) is 0 Å². The summed E-state index contributed by atoms with van der Waals surface area (Å²) < 4.78 is 0. The highest BCUT2D eigenvalue weighted by molar-refractivity contribution is 5.80. The summed E-state index contributed by atoms with van der Waals surface area (Å²) in [6, 6.07) is 18.0. The lowest BCUT2D eigenvalue weighted by atomic mass is 10.0. The van der Waals surface area contributed by atoms with Crippen LogP contribution in [0.4, 0.5) is 0 Å². The van der Waals surface area contributed by atoms with Crippen LogP contribution in [0, 0.1) is 13.8 Å². The van der Waals surface area contributed by atoms with Gasteiger partial charge in [-0.1, -0.05) is 36.4 Å². The highest BCUT2D eigenvalue weighted by Gasteiger charge is 2.13. The van der Waals surface area contributed by atoms with Gasteiger partial charge < -0.3 is 10.3 Å². The summed E-state index contributed by atoms with van der Waals surface area (Å²) >= 11 is 0. The maximum absolute atomic E-state index is 3.69. The number of benzene rings is 2. The maximum Gasteiger partial charge on any atom is 0.0456 e. The van der Waals surface area contributed by atoms with Crippen LogP contribution in [0.1, 0.15) is 48.3 Å². The first kappa shape index (κ1) is 14.9. The standard InChI is InChI=1S/C20H24N2/c1-13-9-10-17(11-14(13)2)15(3)21-16(4)20-12-18-7-5-6-8-19(18)22-20/h5-12,15-16,21-22H,1-4H3. The summed E-state index contributed by atoms with van der Waals surface area (Å²) in [5, 5.41) is 4.96. The van der Waals surface area contributed by atoms with Gasteiger partial charge in [-0.05, 0) is 61.9 Å². The minimum absolute atomic E-state index is 0.281. The van der Waals surface area contributed by atoms with Crippen LogP contribution in [-0.4, -0.2) is 4.98 Å². The van der Waals surface area contributed by atoms with Gasteiger partial charge in [0.2, 0.25) is 0 Å². The Labute approximate surface area is 132 Å². The molecule has 2 aromatic carbocycles. The van der Waals surface area contributed by atoms with Crippen molar-refractivity contribution in [3.63, 3.8) is 0 Å². The normalized spacial score (nSPS) is 14.2. The molecule has 2 N–H and O–H groups in total. The van der Waals surface area contributed by atoms with Gasteiger partial charge in [0.15, 0.2) is 0 Å². The van der Waals surface area contributed by atoms with E-state index in [9.17, 15) is 0 Å². The second-order valence-corrected chi connectivity index (χ2v) is 6.27. The van der Waals surface area contributed by atoms with E-state index in [4.69, 9.17) is 0 Å². The second kappa shape index (κ2) is 5.98. The smallest absolute Gasteiger partial charge is 0.0456 e. The molecule has 0 fully saturated rings. The van der Waals surface area contributed by atoms with Crippen LogP contribution in [0.15, 0.2) is 48.5 Å². The Hall–Kier alpha value is -2.06. The van der Waals surface area contributed by atoms with Crippen LogP contribution in [0.2, 0.25) is 0 Å². The third-order valence-corrected chi connectivity index (χ3v) is 4.55. The molecule has 2 nitrogen and oxygen atoms in total. The molecule has 2 atom stereocenters. The van der Waals surface area contributed by atoms with Crippen LogP contribution in [0.5, 0.6) is 0 Å². The van der Waals surface area contributed by atoms with E-state index in [0.717, 1.165) is 0 Å². The number of H-pyrrole nitrogens is 1. The zero-order valence-electron chi connectivity index (χ0n) is 13.8. The minimum Gasteiger partial charge on any atom is -0.357 e. The van der Waals surface area contributed by atoms with Gasteiger partial charge in [-0.25, -0.2) is 0 Å². The molecule has 2 unspecified atom stereocenters. The predicted molar refractivity (Wildman–Crippen MR) is 94.2 cm³/mol. The molecule has 0 saturated carbocycles. The van der Waals surface area contributed by atoms with Gasteiger partial charge in [0.05, 0.1) is 0 Å². The first-order valence-corrected chi connectivity index (χ1v) is 7.95. The lowest BCUT2D eigenvalue weighted by molar-refractivity contribution is 0.488. The number of hydrogen-bond donors (Lipinski definition) is 2. The summed E-state index contributed by atoms with van der Waals surface area (Å²) in [5.74, 6) is 0. The Bertz CT molecular complexity index is 752. The first-order valence-electron chi connectivity index (χ1n) is 7.95. The monoisotopic (exact) mass is 292 g/mol. The van der Waals surface area contributed by atoms with Crippen LogP contribution in [-0.2, 0) is 0 Å². The predicted octanol–water partition coefficient (Wildman–Crippen LogP) is 5.20. The van der Waals surface area contributed by atoms with Crippen molar-refractivity contribution in [3.05, 3.63) is 70.9 Å². The highest BCUT2D eigenvalue weighted by Crippen LogP contribution is 2.23. The first-order chi connectivity index (χ1) is 10.5. The molecule has 0 radical (unpaired) electrons. The van der Waals surface area contributed by atoms with Crippen LogP contribution in [0.25, 0.3) is 10.9 Å². The molecular formula is C20H24N2. The van der Waals surface area contributed by atoms with E-state index in [1.165, 1.54) is 33.3 Å². The van der Waals surface area contributed by atoms with Gasteiger partial charge >= 0.3 is 0 Å². The number of hydrogen-bond acceptors (Lipinski definition) is 1. The number of aromatic amines is 1. The van der Waals surface area contributed by atoms with Crippen molar-refractivity contribution in [2.45, 2.75) is 39.8 Å². The second-order valence-electron chi connectivity index (χ2n) is 6.27. The van der Waals surface area contributed by atoms with E-state index in [1.54, 1.807) is 0 Å². The Morgan fingerprint density at radius 1 is 0.864 bits per heavy atom. The molecule has 0 aliphatic carbocycles. The summed E-state index contributed by atoms with van der Waals surface area (Å²) in [6.07, 6.45) is 0. The summed E-state index contributed by atoms with van der Waals surface area (Å²) in [7, 11) is 0. The molecule has 1 heterocycles. The van der Waals surface area contributed by atoms with Crippen LogP contribution < -0.4 is 5.32 Å². The minimum atomic E-state index is 0.281. The number of fused-ring (bicyclic) bond motifs is 1. The number of aromatic nitrogens is 1. The molecule has 3 rings (SSSR count). The zero-order chi connectivity index (χ0) is 15.7. The van der Waals surface area contributed by atoms with Crippen LogP contribution in [0.3, 0.4) is 0 Å². The molecule has 1 aromatic heterocycles. The molecule has 0 saturated heterocycles. The fourth-order valence-corrected chi connectivity index (χ4v) is 2.92. The van der Waals surface area contributed by atoms with Crippen molar-refractivity contribution in [3.8, 4) is 0 Å². The molecule has 0 spiro atoms. The zero-order valence-corrected chi connectivity index (χ0v) is 13.8. The quantitative estimate of drug-likeness (QED) is 0.680. The molecule has 0 aliphatic rings. The molecule has 114 valence electrons. The molecule has 0 aliphatic heterocycles. The number of para-hydroxylation sites is 1. The Morgan fingerprint density at radius 3 is 2.36 bits per heavy atom. The SMILES string of the molecule is Cc1ccc(C(C)NC(C)c2cc3ccccc3[nH]2)cc1C. The van der Waals surface area contributed by atoms with Gasteiger partial charge in [0.25, 0.3) is 0 Å². The lowest BCUT2D eigenvalue weighted by Crippen LogP contribution is -2.22. The molecular weight excluding hydrogens is 268 g/mol. The average Bonchev–Trinajstić information content (AvgIpc) is 2.94. The molecule has 0 bridgehead atoms. The van der Waals surface area contributed by atoms with Crippen molar-refractivity contribution in [1.29, 1.82) is 0 Å². The summed E-state index contributed by atoms with van der Waals surface area (Å²) in [5.41, 5.74) is 6.47. The van der Waals surface area contributed by atoms with E-state index in [1.807, 2.05) is 0 Å². The average molecular weight is 292 g/mol. The van der Waals surface area contributed by atoms with E-state index < -0.39 is 0 Å². The number of rotatable bonds is 4. The van der Waals surface area contributed by atoms with Crippen molar-refractivity contribution >= 4 is 10.9 Å². The molecule has 3 aromatic rings. The lowest BCUT2D eigenvalue weighted by Gasteiger charge is -2.20.